The van der Waals surface area contributed by atoms with Gasteiger partial charge < -0.3 is 5.73 Å². The number of hydrogen-bond acceptors (Lipinski definition) is 4. The predicted octanol–water partition coefficient (Wildman–Crippen LogP) is 1.35. The highest BCUT2D eigenvalue weighted by molar-refractivity contribution is 5.98. The van der Waals surface area contributed by atoms with E-state index >= 15 is 0 Å². The summed E-state index contributed by atoms with van der Waals surface area (Å²) in [7, 11) is 1.69. The van der Waals surface area contributed by atoms with E-state index in [0.717, 1.165) is 25.7 Å². The molecule has 5 heteroatoms. The van der Waals surface area contributed by atoms with Gasteiger partial charge in [0, 0.05) is 19.4 Å². The molecule has 1 aliphatic carbocycles. The van der Waals surface area contributed by atoms with E-state index < -0.39 is 5.54 Å². The molecule has 1 heterocycles. The topological polar surface area (TPSA) is 72.1 Å². The molecule has 18 heavy (non-hydrogen) atoms. The van der Waals surface area contributed by atoms with Crippen LogP contribution in [0.3, 0.4) is 0 Å². The summed E-state index contributed by atoms with van der Waals surface area (Å²) in [5.41, 5.74) is 5.57. The van der Waals surface area contributed by atoms with Crippen LogP contribution in [0.1, 0.15) is 32.6 Å². The summed E-state index contributed by atoms with van der Waals surface area (Å²) >= 11 is 0. The van der Waals surface area contributed by atoms with E-state index in [2.05, 4.69) is 16.9 Å². The van der Waals surface area contributed by atoms with Gasteiger partial charge >= 0.3 is 0 Å². The lowest BCUT2D eigenvalue weighted by Crippen LogP contribution is -2.60. The fourth-order valence-electron chi connectivity index (χ4n) is 2.56. The fraction of sp³-hybridized carbons (Fsp3) is 0.615. The summed E-state index contributed by atoms with van der Waals surface area (Å²) in [4.78, 5) is 22.2. The van der Waals surface area contributed by atoms with Crippen LogP contribution in [0.2, 0.25) is 0 Å². The zero-order valence-corrected chi connectivity index (χ0v) is 11.0. The molecule has 1 aromatic heterocycles. The van der Waals surface area contributed by atoms with Crippen molar-refractivity contribution in [3.05, 3.63) is 18.5 Å². The third-order valence-electron chi connectivity index (χ3n) is 3.91. The summed E-state index contributed by atoms with van der Waals surface area (Å²) in [5, 5.41) is 0. The average molecular weight is 248 g/mol. The van der Waals surface area contributed by atoms with Crippen molar-refractivity contribution in [3.63, 3.8) is 0 Å². The normalized spacial score (nSPS) is 27.8. The van der Waals surface area contributed by atoms with Crippen LogP contribution in [0.25, 0.3) is 0 Å². The Bertz CT molecular complexity index is 422. The number of likely N-dealkylation sites (N-methyl/N-ethyl adjacent to an activating group) is 1. The van der Waals surface area contributed by atoms with Gasteiger partial charge in [-0.3, -0.25) is 9.69 Å². The minimum atomic E-state index is -0.772. The molecule has 5 nitrogen and oxygen atoms in total. The summed E-state index contributed by atoms with van der Waals surface area (Å²) in [6.45, 7) is 2.05. The van der Waals surface area contributed by atoms with Crippen molar-refractivity contribution in [1.82, 2.24) is 9.97 Å². The molecule has 0 saturated heterocycles. The van der Waals surface area contributed by atoms with Crippen molar-refractivity contribution >= 4 is 11.9 Å². The highest BCUT2D eigenvalue weighted by Gasteiger charge is 2.43. The van der Waals surface area contributed by atoms with Crippen LogP contribution >= 0.6 is 0 Å². The molecule has 1 amide bonds. The lowest BCUT2D eigenvalue weighted by atomic mass is 9.73. The number of anilines is 1. The zero-order valence-electron chi connectivity index (χ0n) is 11.0. The highest BCUT2D eigenvalue weighted by atomic mass is 16.2. The van der Waals surface area contributed by atoms with E-state index in [1.807, 2.05) is 0 Å². The third-order valence-corrected chi connectivity index (χ3v) is 3.91. The number of carbonyl (C=O) groups is 1. The van der Waals surface area contributed by atoms with E-state index in [1.165, 1.54) is 4.90 Å². The molecule has 0 aliphatic heterocycles. The molecule has 2 N–H and O–H groups in total. The number of nitrogens with zero attached hydrogens (tertiary/aromatic N) is 3. The maximum atomic E-state index is 12.6. The van der Waals surface area contributed by atoms with E-state index in [-0.39, 0.29) is 11.8 Å². The summed E-state index contributed by atoms with van der Waals surface area (Å²) in [6, 6.07) is 1.73. The molecular formula is C13H20N4O. The molecule has 0 aromatic carbocycles. The molecule has 0 bridgehead atoms. The van der Waals surface area contributed by atoms with E-state index in [0.29, 0.717) is 5.95 Å². The molecule has 0 radical (unpaired) electrons. The monoisotopic (exact) mass is 248 g/mol. The molecule has 1 aliphatic rings. The Hall–Kier alpha value is -1.49. The lowest BCUT2D eigenvalue weighted by molar-refractivity contribution is -0.126. The molecule has 1 aromatic rings. The van der Waals surface area contributed by atoms with Gasteiger partial charge in [-0.15, -0.1) is 0 Å². The van der Waals surface area contributed by atoms with Crippen molar-refractivity contribution in [2.24, 2.45) is 11.7 Å². The van der Waals surface area contributed by atoms with E-state index in [9.17, 15) is 4.79 Å². The number of hydrogen-bond donors (Lipinski definition) is 1. The van der Waals surface area contributed by atoms with Gasteiger partial charge in [-0.25, -0.2) is 9.97 Å². The van der Waals surface area contributed by atoms with Gasteiger partial charge in [0.15, 0.2) is 0 Å². The Morgan fingerprint density at radius 2 is 2.11 bits per heavy atom. The molecule has 1 fully saturated rings. The van der Waals surface area contributed by atoms with Crippen LogP contribution in [0.5, 0.6) is 0 Å². The number of aromatic nitrogens is 2. The quantitative estimate of drug-likeness (QED) is 0.857. The second-order valence-corrected chi connectivity index (χ2v) is 5.10. The van der Waals surface area contributed by atoms with Crippen molar-refractivity contribution in [3.8, 4) is 0 Å². The smallest absolute Gasteiger partial charge is 0.249 e. The molecule has 0 spiro atoms. The van der Waals surface area contributed by atoms with Crippen LogP contribution in [0, 0.1) is 5.92 Å². The summed E-state index contributed by atoms with van der Waals surface area (Å²) < 4.78 is 0. The van der Waals surface area contributed by atoms with Gasteiger partial charge in [-0.2, -0.15) is 0 Å². The number of nitrogens with two attached hydrogens (primary N) is 1. The van der Waals surface area contributed by atoms with Crippen LogP contribution in [0.4, 0.5) is 5.95 Å². The zero-order chi connectivity index (χ0) is 13.2. The first kappa shape index (κ1) is 13.0. The van der Waals surface area contributed by atoms with Gasteiger partial charge in [0.1, 0.15) is 0 Å². The molecular weight excluding hydrogens is 228 g/mol. The first-order valence-corrected chi connectivity index (χ1v) is 6.40. The predicted molar refractivity (Wildman–Crippen MR) is 70.0 cm³/mol. The highest BCUT2D eigenvalue weighted by Crippen LogP contribution is 2.33. The first-order valence-electron chi connectivity index (χ1n) is 6.40. The maximum Gasteiger partial charge on any atom is 0.249 e. The fourth-order valence-corrected chi connectivity index (χ4v) is 2.56. The van der Waals surface area contributed by atoms with Crippen molar-refractivity contribution in [2.75, 3.05) is 11.9 Å². The molecule has 2 unspecified atom stereocenters. The van der Waals surface area contributed by atoms with Crippen molar-refractivity contribution < 1.29 is 4.79 Å². The SMILES string of the molecule is CC1CCCCC1(N)C(=O)N(C)c1ncccn1. The minimum Gasteiger partial charge on any atom is -0.317 e. The summed E-state index contributed by atoms with van der Waals surface area (Å²) in [6.07, 6.45) is 7.16. The molecule has 2 atom stereocenters. The largest absolute Gasteiger partial charge is 0.317 e. The van der Waals surface area contributed by atoms with Crippen molar-refractivity contribution in [1.29, 1.82) is 0 Å². The average Bonchev–Trinajstić information content (AvgIpc) is 2.41. The lowest BCUT2D eigenvalue weighted by Gasteiger charge is -2.39. The van der Waals surface area contributed by atoms with Crippen LogP contribution in [-0.2, 0) is 4.79 Å². The van der Waals surface area contributed by atoms with Gasteiger partial charge in [-0.05, 0) is 24.8 Å². The Labute approximate surface area is 107 Å². The number of rotatable bonds is 2. The molecule has 2 rings (SSSR count). The standard InChI is InChI=1S/C13H20N4O/c1-10-6-3-4-7-13(10,14)11(18)17(2)12-15-8-5-9-16-12/h5,8-10H,3-4,6-7,14H2,1-2H3. The van der Waals surface area contributed by atoms with Gasteiger partial charge in [0.2, 0.25) is 11.9 Å². The minimum absolute atomic E-state index is 0.0825. The second-order valence-electron chi connectivity index (χ2n) is 5.10. The Morgan fingerprint density at radius 3 is 2.72 bits per heavy atom. The van der Waals surface area contributed by atoms with Crippen LogP contribution < -0.4 is 10.6 Å². The first-order chi connectivity index (χ1) is 8.55. The van der Waals surface area contributed by atoms with E-state index in [4.69, 9.17) is 5.73 Å². The number of amides is 1. The Balaban J connectivity index is 2.20. The van der Waals surface area contributed by atoms with Crippen molar-refractivity contribution in [2.45, 2.75) is 38.1 Å². The molecule has 1 saturated carbocycles. The Kier molecular flexibility index (Phi) is 3.61. The van der Waals surface area contributed by atoms with E-state index in [1.54, 1.807) is 25.5 Å². The Morgan fingerprint density at radius 1 is 1.44 bits per heavy atom. The molecule has 98 valence electrons. The van der Waals surface area contributed by atoms with Gasteiger partial charge in [0.05, 0.1) is 5.54 Å². The third kappa shape index (κ3) is 2.22. The number of carbonyl (C=O) groups excluding carboxylic acids is 1. The van der Waals surface area contributed by atoms with Gasteiger partial charge in [0.25, 0.3) is 0 Å². The van der Waals surface area contributed by atoms with Crippen LogP contribution in [-0.4, -0.2) is 28.5 Å². The van der Waals surface area contributed by atoms with Gasteiger partial charge in [-0.1, -0.05) is 19.8 Å². The van der Waals surface area contributed by atoms with Crippen LogP contribution in [0.15, 0.2) is 18.5 Å². The summed E-state index contributed by atoms with van der Waals surface area (Å²) in [5.74, 6) is 0.524. The maximum absolute atomic E-state index is 12.6. The second kappa shape index (κ2) is 5.02.